The standard InChI is InChI=1S/C12H18BrNO2/c1-12(2,16)8-14(3)11-5-4-9(7-15)6-10(11)13/h4-6,15-16H,7-8H2,1-3H3. The van der Waals surface area contributed by atoms with Crippen molar-refractivity contribution in [3.05, 3.63) is 28.2 Å². The van der Waals surface area contributed by atoms with Gasteiger partial charge in [0.15, 0.2) is 0 Å². The Labute approximate surface area is 105 Å². The number of rotatable bonds is 4. The largest absolute Gasteiger partial charge is 0.392 e. The molecule has 4 heteroatoms. The van der Waals surface area contributed by atoms with Crippen LogP contribution in [0.2, 0.25) is 0 Å². The lowest BCUT2D eigenvalue weighted by Crippen LogP contribution is -2.36. The highest BCUT2D eigenvalue weighted by molar-refractivity contribution is 9.10. The molecule has 0 aliphatic carbocycles. The van der Waals surface area contributed by atoms with Gasteiger partial charge in [0.05, 0.1) is 17.9 Å². The molecular formula is C12H18BrNO2. The van der Waals surface area contributed by atoms with Gasteiger partial charge >= 0.3 is 0 Å². The normalized spacial score (nSPS) is 11.6. The SMILES string of the molecule is CN(CC(C)(C)O)c1ccc(CO)cc1Br. The van der Waals surface area contributed by atoms with E-state index < -0.39 is 5.60 Å². The van der Waals surface area contributed by atoms with E-state index >= 15 is 0 Å². The van der Waals surface area contributed by atoms with Crippen molar-refractivity contribution < 1.29 is 10.2 Å². The molecule has 16 heavy (non-hydrogen) atoms. The number of likely N-dealkylation sites (N-methyl/N-ethyl adjacent to an activating group) is 1. The Morgan fingerprint density at radius 1 is 1.38 bits per heavy atom. The zero-order chi connectivity index (χ0) is 12.3. The molecule has 0 fully saturated rings. The van der Waals surface area contributed by atoms with Gasteiger partial charge in [-0.15, -0.1) is 0 Å². The summed E-state index contributed by atoms with van der Waals surface area (Å²) in [6, 6.07) is 5.69. The first-order valence-electron chi connectivity index (χ1n) is 5.16. The van der Waals surface area contributed by atoms with Crippen molar-refractivity contribution in [1.82, 2.24) is 0 Å². The number of hydrogen-bond donors (Lipinski definition) is 2. The minimum Gasteiger partial charge on any atom is -0.392 e. The van der Waals surface area contributed by atoms with Crippen LogP contribution in [0.4, 0.5) is 5.69 Å². The third kappa shape index (κ3) is 3.77. The lowest BCUT2D eigenvalue weighted by Gasteiger charge is -2.28. The summed E-state index contributed by atoms with van der Waals surface area (Å²) in [4.78, 5) is 1.98. The van der Waals surface area contributed by atoms with Gasteiger partial charge in [-0.2, -0.15) is 0 Å². The van der Waals surface area contributed by atoms with Crippen LogP contribution < -0.4 is 4.90 Å². The molecule has 1 aromatic rings. The fourth-order valence-corrected chi connectivity index (χ4v) is 2.35. The highest BCUT2D eigenvalue weighted by atomic mass is 79.9. The summed E-state index contributed by atoms with van der Waals surface area (Å²) in [6.45, 7) is 4.14. The molecule has 0 radical (unpaired) electrons. The molecule has 0 atom stereocenters. The van der Waals surface area contributed by atoms with E-state index in [4.69, 9.17) is 5.11 Å². The molecule has 0 aromatic heterocycles. The fourth-order valence-electron chi connectivity index (χ4n) is 1.62. The van der Waals surface area contributed by atoms with E-state index in [1.165, 1.54) is 0 Å². The Morgan fingerprint density at radius 2 is 2.00 bits per heavy atom. The second-order valence-electron chi connectivity index (χ2n) is 4.61. The molecular weight excluding hydrogens is 270 g/mol. The summed E-state index contributed by atoms with van der Waals surface area (Å²) in [7, 11) is 1.93. The van der Waals surface area contributed by atoms with Crippen LogP contribution >= 0.6 is 15.9 Å². The minimum absolute atomic E-state index is 0.0358. The predicted octanol–water partition coefficient (Wildman–Crippen LogP) is 2.15. The van der Waals surface area contributed by atoms with Crippen LogP contribution in [-0.2, 0) is 6.61 Å². The minimum atomic E-state index is -0.732. The van der Waals surface area contributed by atoms with Crippen LogP contribution in [-0.4, -0.2) is 29.4 Å². The van der Waals surface area contributed by atoms with Crippen molar-refractivity contribution in [3.63, 3.8) is 0 Å². The molecule has 1 rings (SSSR count). The maximum Gasteiger partial charge on any atom is 0.0765 e. The summed E-state index contributed by atoms with van der Waals surface area (Å²) in [5, 5.41) is 18.7. The molecule has 0 bridgehead atoms. The number of hydrogen-bond acceptors (Lipinski definition) is 3. The molecule has 0 amide bonds. The maximum absolute atomic E-state index is 9.74. The summed E-state index contributed by atoms with van der Waals surface area (Å²) in [5.41, 5.74) is 1.13. The monoisotopic (exact) mass is 287 g/mol. The van der Waals surface area contributed by atoms with Gasteiger partial charge in [-0.05, 0) is 47.5 Å². The van der Waals surface area contributed by atoms with E-state index in [-0.39, 0.29) is 6.61 Å². The molecule has 0 saturated heterocycles. The Morgan fingerprint density at radius 3 is 2.44 bits per heavy atom. The Balaban J connectivity index is 2.88. The molecule has 0 saturated carbocycles. The molecule has 0 heterocycles. The molecule has 90 valence electrons. The average Bonchev–Trinajstić information content (AvgIpc) is 2.14. The van der Waals surface area contributed by atoms with Gasteiger partial charge < -0.3 is 15.1 Å². The Hall–Kier alpha value is -0.580. The molecule has 0 unspecified atom stereocenters. The number of anilines is 1. The predicted molar refractivity (Wildman–Crippen MR) is 69.6 cm³/mol. The second-order valence-corrected chi connectivity index (χ2v) is 5.47. The van der Waals surface area contributed by atoms with E-state index in [0.29, 0.717) is 6.54 Å². The van der Waals surface area contributed by atoms with Crippen molar-refractivity contribution in [2.24, 2.45) is 0 Å². The van der Waals surface area contributed by atoms with Crippen LogP contribution in [0.25, 0.3) is 0 Å². The molecule has 0 spiro atoms. The quantitative estimate of drug-likeness (QED) is 0.892. The number of aliphatic hydroxyl groups excluding tert-OH is 1. The molecule has 0 aliphatic rings. The number of nitrogens with zero attached hydrogens (tertiary/aromatic N) is 1. The van der Waals surface area contributed by atoms with Crippen LogP contribution in [0.15, 0.2) is 22.7 Å². The van der Waals surface area contributed by atoms with Gasteiger partial charge in [0.25, 0.3) is 0 Å². The summed E-state index contributed by atoms with van der Waals surface area (Å²) < 4.78 is 0.922. The van der Waals surface area contributed by atoms with Gasteiger partial charge in [-0.3, -0.25) is 0 Å². The van der Waals surface area contributed by atoms with Crippen LogP contribution in [0.3, 0.4) is 0 Å². The summed E-state index contributed by atoms with van der Waals surface area (Å²) >= 11 is 3.46. The van der Waals surface area contributed by atoms with Crippen LogP contribution in [0.1, 0.15) is 19.4 Å². The van der Waals surface area contributed by atoms with E-state index in [1.807, 2.05) is 30.1 Å². The van der Waals surface area contributed by atoms with E-state index in [1.54, 1.807) is 13.8 Å². The third-order valence-electron chi connectivity index (χ3n) is 2.23. The Bertz CT molecular complexity index is 361. The van der Waals surface area contributed by atoms with Crippen LogP contribution in [0, 0.1) is 0 Å². The van der Waals surface area contributed by atoms with E-state index in [0.717, 1.165) is 15.7 Å². The molecule has 2 N–H and O–H groups in total. The third-order valence-corrected chi connectivity index (χ3v) is 2.87. The molecule has 0 aliphatic heterocycles. The molecule has 3 nitrogen and oxygen atoms in total. The van der Waals surface area contributed by atoms with Crippen LogP contribution in [0.5, 0.6) is 0 Å². The average molecular weight is 288 g/mol. The van der Waals surface area contributed by atoms with Gasteiger partial charge in [-0.1, -0.05) is 6.07 Å². The first-order valence-corrected chi connectivity index (χ1v) is 5.95. The zero-order valence-corrected chi connectivity index (χ0v) is 11.5. The second kappa shape index (κ2) is 5.17. The van der Waals surface area contributed by atoms with Gasteiger partial charge in [0.1, 0.15) is 0 Å². The highest BCUT2D eigenvalue weighted by Gasteiger charge is 2.17. The number of aliphatic hydroxyl groups is 2. The lowest BCUT2D eigenvalue weighted by atomic mass is 10.1. The smallest absolute Gasteiger partial charge is 0.0765 e. The van der Waals surface area contributed by atoms with Crippen molar-refractivity contribution >= 4 is 21.6 Å². The number of benzene rings is 1. The maximum atomic E-state index is 9.74. The van der Waals surface area contributed by atoms with Crippen molar-refractivity contribution in [1.29, 1.82) is 0 Å². The topological polar surface area (TPSA) is 43.7 Å². The van der Waals surface area contributed by atoms with Gasteiger partial charge in [-0.25, -0.2) is 0 Å². The van der Waals surface area contributed by atoms with Crippen molar-refractivity contribution in [2.75, 3.05) is 18.5 Å². The molecule has 1 aromatic carbocycles. The zero-order valence-electron chi connectivity index (χ0n) is 9.87. The van der Waals surface area contributed by atoms with Crippen molar-refractivity contribution in [2.45, 2.75) is 26.1 Å². The van der Waals surface area contributed by atoms with Gasteiger partial charge in [0, 0.05) is 18.1 Å². The first kappa shape index (κ1) is 13.5. The Kier molecular flexibility index (Phi) is 4.35. The lowest BCUT2D eigenvalue weighted by molar-refractivity contribution is 0.0886. The van der Waals surface area contributed by atoms with Crippen molar-refractivity contribution in [3.8, 4) is 0 Å². The van der Waals surface area contributed by atoms with E-state index in [9.17, 15) is 5.11 Å². The van der Waals surface area contributed by atoms with E-state index in [2.05, 4.69) is 15.9 Å². The highest BCUT2D eigenvalue weighted by Crippen LogP contribution is 2.27. The summed E-state index contributed by atoms with van der Waals surface area (Å²) in [6.07, 6.45) is 0. The fraction of sp³-hybridized carbons (Fsp3) is 0.500. The first-order chi connectivity index (χ1) is 7.33. The summed E-state index contributed by atoms with van der Waals surface area (Å²) in [5.74, 6) is 0. The number of halogens is 1. The van der Waals surface area contributed by atoms with Gasteiger partial charge in [0.2, 0.25) is 0 Å².